The molecule has 0 aliphatic carbocycles. The molecule has 5 nitrogen and oxygen atoms in total. The predicted octanol–water partition coefficient (Wildman–Crippen LogP) is 4.11. The number of carbonyl (C=O) groups is 1. The summed E-state index contributed by atoms with van der Waals surface area (Å²) in [7, 11) is 0. The standard InChI is InChI=1S/C15H21NO4/c1-3-4-5-6-9-12(2)20-15(17)13-10-7-8-11-14(13)16(18)19/h7-8,10-12H,3-6,9H2,1-2H3/t12-/m1/s1. The van der Waals surface area contributed by atoms with Gasteiger partial charge in [0, 0.05) is 6.07 Å². The van der Waals surface area contributed by atoms with Gasteiger partial charge in [0.25, 0.3) is 5.69 Å². The Kier molecular flexibility index (Phi) is 6.70. The Balaban J connectivity index is 2.56. The van der Waals surface area contributed by atoms with E-state index in [2.05, 4.69) is 6.92 Å². The second-order valence-electron chi connectivity index (χ2n) is 4.84. The van der Waals surface area contributed by atoms with Gasteiger partial charge in [-0.2, -0.15) is 0 Å². The van der Waals surface area contributed by atoms with E-state index in [9.17, 15) is 14.9 Å². The molecule has 20 heavy (non-hydrogen) atoms. The number of nitro benzene ring substituents is 1. The first-order chi connectivity index (χ1) is 9.56. The van der Waals surface area contributed by atoms with Crippen LogP contribution in [0.2, 0.25) is 0 Å². The molecule has 0 amide bonds. The van der Waals surface area contributed by atoms with Gasteiger partial charge < -0.3 is 4.74 Å². The number of hydrogen-bond acceptors (Lipinski definition) is 4. The van der Waals surface area contributed by atoms with Crippen LogP contribution in [0.4, 0.5) is 5.69 Å². The maximum atomic E-state index is 11.9. The lowest BCUT2D eigenvalue weighted by molar-refractivity contribution is -0.385. The minimum absolute atomic E-state index is 0.0120. The van der Waals surface area contributed by atoms with E-state index in [-0.39, 0.29) is 17.4 Å². The van der Waals surface area contributed by atoms with E-state index in [1.165, 1.54) is 24.6 Å². The van der Waals surface area contributed by atoms with Crippen molar-refractivity contribution in [3.8, 4) is 0 Å². The maximum absolute atomic E-state index is 11.9. The summed E-state index contributed by atoms with van der Waals surface area (Å²) in [6, 6.07) is 5.85. The van der Waals surface area contributed by atoms with Crippen LogP contribution in [0.5, 0.6) is 0 Å². The Morgan fingerprint density at radius 1 is 1.30 bits per heavy atom. The number of nitrogens with zero attached hydrogens (tertiary/aromatic N) is 1. The molecule has 0 aliphatic rings. The highest BCUT2D eigenvalue weighted by Crippen LogP contribution is 2.20. The number of nitro groups is 1. The number of ether oxygens (including phenoxy) is 1. The smallest absolute Gasteiger partial charge is 0.345 e. The largest absolute Gasteiger partial charge is 0.459 e. The molecule has 1 aromatic rings. The van der Waals surface area contributed by atoms with Crippen LogP contribution in [0.1, 0.15) is 56.3 Å². The van der Waals surface area contributed by atoms with Crippen molar-refractivity contribution in [2.45, 2.75) is 52.1 Å². The third kappa shape index (κ3) is 4.99. The number of unbranched alkanes of at least 4 members (excludes halogenated alkanes) is 3. The van der Waals surface area contributed by atoms with E-state index >= 15 is 0 Å². The van der Waals surface area contributed by atoms with Gasteiger partial charge >= 0.3 is 5.97 Å². The summed E-state index contributed by atoms with van der Waals surface area (Å²) in [5.41, 5.74) is -0.200. The van der Waals surface area contributed by atoms with Crippen molar-refractivity contribution in [1.82, 2.24) is 0 Å². The third-order valence-corrected chi connectivity index (χ3v) is 3.09. The maximum Gasteiger partial charge on any atom is 0.345 e. The molecule has 1 rings (SSSR count). The van der Waals surface area contributed by atoms with Gasteiger partial charge in [0.1, 0.15) is 5.56 Å². The van der Waals surface area contributed by atoms with Gasteiger partial charge in [0.15, 0.2) is 0 Å². The minimum Gasteiger partial charge on any atom is -0.459 e. The number of benzene rings is 1. The molecule has 0 aromatic heterocycles. The van der Waals surface area contributed by atoms with Gasteiger partial charge in [0.05, 0.1) is 11.0 Å². The van der Waals surface area contributed by atoms with Crippen LogP contribution < -0.4 is 0 Å². The summed E-state index contributed by atoms with van der Waals surface area (Å²) in [6.45, 7) is 3.95. The molecule has 5 heteroatoms. The quantitative estimate of drug-likeness (QED) is 0.311. The molecule has 0 fully saturated rings. The van der Waals surface area contributed by atoms with Crippen molar-refractivity contribution in [3.05, 3.63) is 39.9 Å². The highest BCUT2D eigenvalue weighted by molar-refractivity contribution is 5.93. The van der Waals surface area contributed by atoms with Crippen LogP contribution in [0, 0.1) is 10.1 Å². The van der Waals surface area contributed by atoms with Crippen molar-refractivity contribution < 1.29 is 14.5 Å². The highest BCUT2D eigenvalue weighted by atomic mass is 16.6. The Morgan fingerprint density at radius 2 is 2.00 bits per heavy atom. The van der Waals surface area contributed by atoms with Gasteiger partial charge in [-0.25, -0.2) is 4.79 Å². The number of para-hydroxylation sites is 1. The monoisotopic (exact) mass is 279 g/mol. The summed E-state index contributed by atoms with van der Waals surface area (Å²) < 4.78 is 5.26. The Bertz CT molecular complexity index is 459. The summed E-state index contributed by atoms with van der Waals surface area (Å²) in [5.74, 6) is -0.625. The average Bonchev–Trinajstić information content (AvgIpc) is 2.43. The molecule has 0 spiro atoms. The normalized spacial score (nSPS) is 11.9. The number of carbonyl (C=O) groups excluding carboxylic acids is 1. The van der Waals surface area contributed by atoms with E-state index in [1.807, 2.05) is 6.92 Å². The lowest BCUT2D eigenvalue weighted by Crippen LogP contribution is -2.16. The van der Waals surface area contributed by atoms with Crippen LogP contribution in [0.25, 0.3) is 0 Å². The molecular weight excluding hydrogens is 258 g/mol. The lowest BCUT2D eigenvalue weighted by atomic mass is 10.1. The van der Waals surface area contributed by atoms with Gasteiger partial charge in [-0.05, 0) is 25.8 Å². The second-order valence-corrected chi connectivity index (χ2v) is 4.84. The molecule has 0 heterocycles. The molecule has 0 radical (unpaired) electrons. The molecule has 0 unspecified atom stereocenters. The second kappa shape index (κ2) is 8.30. The lowest BCUT2D eigenvalue weighted by Gasteiger charge is -2.13. The Morgan fingerprint density at radius 3 is 2.65 bits per heavy atom. The first-order valence-electron chi connectivity index (χ1n) is 7.00. The molecule has 0 bridgehead atoms. The number of rotatable bonds is 8. The molecular formula is C15H21NO4. The van der Waals surface area contributed by atoms with E-state index in [4.69, 9.17) is 4.74 Å². The van der Waals surface area contributed by atoms with Gasteiger partial charge in [0.2, 0.25) is 0 Å². The van der Waals surface area contributed by atoms with E-state index in [0.29, 0.717) is 0 Å². The predicted molar refractivity (Wildman–Crippen MR) is 76.7 cm³/mol. The van der Waals surface area contributed by atoms with E-state index < -0.39 is 10.9 Å². The van der Waals surface area contributed by atoms with Crippen molar-refractivity contribution in [2.75, 3.05) is 0 Å². The number of esters is 1. The molecule has 1 atom stereocenters. The van der Waals surface area contributed by atoms with Crippen molar-refractivity contribution in [2.24, 2.45) is 0 Å². The zero-order chi connectivity index (χ0) is 15.0. The first-order valence-corrected chi connectivity index (χ1v) is 7.00. The van der Waals surface area contributed by atoms with Crippen LogP contribution in [-0.4, -0.2) is 17.0 Å². The van der Waals surface area contributed by atoms with Gasteiger partial charge in [-0.15, -0.1) is 0 Å². The molecule has 0 aliphatic heterocycles. The Hall–Kier alpha value is -1.91. The van der Waals surface area contributed by atoms with Crippen molar-refractivity contribution in [3.63, 3.8) is 0 Å². The molecule has 0 N–H and O–H groups in total. The van der Waals surface area contributed by atoms with E-state index in [0.717, 1.165) is 25.7 Å². The summed E-state index contributed by atoms with van der Waals surface area (Å²) in [6.07, 6.45) is 5.00. The molecule has 0 saturated heterocycles. The fourth-order valence-corrected chi connectivity index (χ4v) is 1.97. The summed E-state index contributed by atoms with van der Waals surface area (Å²) in [5, 5.41) is 10.9. The zero-order valence-electron chi connectivity index (χ0n) is 12.0. The van der Waals surface area contributed by atoms with Crippen molar-refractivity contribution in [1.29, 1.82) is 0 Å². The minimum atomic E-state index is -0.625. The Labute approximate surface area is 119 Å². The average molecular weight is 279 g/mol. The highest BCUT2D eigenvalue weighted by Gasteiger charge is 2.21. The summed E-state index contributed by atoms with van der Waals surface area (Å²) >= 11 is 0. The first kappa shape index (κ1) is 16.1. The third-order valence-electron chi connectivity index (χ3n) is 3.09. The number of hydrogen-bond donors (Lipinski definition) is 0. The van der Waals surface area contributed by atoms with Crippen molar-refractivity contribution >= 4 is 11.7 Å². The summed E-state index contributed by atoms with van der Waals surface area (Å²) in [4.78, 5) is 22.2. The molecule has 0 saturated carbocycles. The van der Waals surface area contributed by atoms with Crippen LogP contribution in [0.15, 0.2) is 24.3 Å². The van der Waals surface area contributed by atoms with Gasteiger partial charge in [-0.1, -0.05) is 38.3 Å². The fraction of sp³-hybridized carbons (Fsp3) is 0.533. The van der Waals surface area contributed by atoms with Crippen LogP contribution >= 0.6 is 0 Å². The SMILES string of the molecule is CCCCCC[C@@H](C)OC(=O)c1ccccc1[N+](=O)[O-]. The molecule has 1 aromatic carbocycles. The van der Waals surface area contributed by atoms with Crippen LogP contribution in [-0.2, 0) is 4.74 Å². The zero-order valence-corrected chi connectivity index (χ0v) is 12.0. The van der Waals surface area contributed by atoms with Crippen LogP contribution in [0.3, 0.4) is 0 Å². The molecule has 110 valence electrons. The van der Waals surface area contributed by atoms with E-state index in [1.54, 1.807) is 6.07 Å². The van der Waals surface area contributed by atoms with Gasteiger partial charge in [-0.3, -0.25) is 10.1 Å². The topological polar surface area (TPSA) is 69.4 Å². The fourth-order valence-electron chi connectivity index (χ4n) is 1.97.